The first-order valence-corrected chi connectivity index (χ1v) is 8.90. The maximum Gasteiger partial charge on any atom is 0.146 e. The third-order valence-corrected chi connectivity index (χ3v) is 4.69. The predicted molar refractivity (Wildman–Crippen MR) is 89.4 cm³/mol. The molecule has 0 bridgehead atoms. The van der Waals surface area contributed by atoms with Crippen LogP contribution in [0, 0.1) is 0 Å². The smallest absolute Gasteiger partial charge is 0.146 e. The van der Waals surface area contributed by atoms with Gasteiger partial charge in [-0.1, -0.05) is 42.5 Å². The molecule has 21 heavy (non-hydrogen) atoms. The molecule has 0 atom stereocenters. The Morgan fingerprint density at radius 2 is 1.76 bits per heavy atom. The molecule has 1 fully saturated rings. The Bertz CT molecular complexity index is 443. The normalized spacial score (nSPS) is 17.3. The van der Waals surface area contributed by atoms with E-state index < -0.39 is 0 Å². The minimum atomic E-state index is 0.616. The van der Waals surface area contributed by atoms with Crippen molar-refractivity contribution in [3.63, 3.8) is 0 Å². The number of halogens is 2. The van der Waals surface area contributed by atoms with Gasteiger partial charge in [0.15, 0.2) is 0 Å². The van der Waals surface area contributed by atoms with Gasteiger partial charge in [-0.05, 0) is 44.7 Å². The lowest BCUT2D eigenvalue weighted by Gasteiger charge is -2.19. The molecule has 2 N–H and O–H groups in total. The molecule has 0 saturated heterocycles. The van der Waals surface area contributed by atoms with Gasteiger partial charge in [0.05, 0.1) is 23.2 Å². The van der Waals surface area contributed by atoms with E-state index in [2.05, 4.69) is 5.32 Å². The molecule has 0 unspecified atom stereocenters. The summed E-state index contributed by atoms with van der Waals surface area (Å²) in [7, 11) is 0. The minimum Gasteiger partial charge on any atom is -0.492 e. The van der Waals surface area contributed by atoms with E-state index in [1.807, 2.05) is 13.0 Å². The summed E-state index contributed by atoms with van der Waals surface area (Å²) in [5.74, 6) is 0.797. The molecule has 0 heterocycles. The van der Waals surface area contributed by atoms with Crippen molar-refractivity contribution in [2.75, 3.05) is 6.61 Å². The standard InChI is InChI=1S/C17H25Cl2NO/c1-2-21-17-13(10-14(18)11-16(17)19)12-20-15-8-6-4-3-5-7-9-15/h10-11,15,20H,2-9,12H2,1H3/p+1. The average molecular weight is 331 g/mol. The van der Waals surface area contributed by atoms with Crippen molar-refractivity contribution in [3.8, 4) is 5.75 Å². The summed E-state index contributed by atoms with van der Waals surface area (Å²) < 4.78 is 5.70. The molecule has 4 heteroatoms. The molecule has 0 amide bonds. The second kappa shape index (κ2) is 8.87. The van der Waals surface area contributed by atoms with Crippen LogP contribution in [0.3, 0.4) is 0 Å². The monoisotopic (exact) mass is 330 g/mol. The van der Waals surface area contributed by atoms with Crippen molar-refractivity contribution in [1.29, 1.82) is 0 Å². The molecular weight excluding hydrogens is 305 g/mol. The number of benzene rings is 1. The summed E-state index contributed by atoms with van der Waals surface area (Å²) in [5.41, 5.74) is 1.11. The van der Waals surface area contributed by atoms with E-state index in [4.69, 9.17) is 27.9 Å². The Morgan fingerprint density at radius 1 is 1.10 bits per heavy atom. The van der Waals surface area contributed by atoms with Gasteiger partial charge in [0.2, 0.25) is 0 Å². The van der Waals surface area contributed by atoms with Crippen molar-refractivity contribution in [1.82, 2.24) is 0 Å². The van der Waals surface area contributed by atoms with Gasteiger partial charge in [-0.3, -0.25) is 0 Å². The maximum absolute atomic E-state index is 6.26. The summed E-state index contributed by atoms with van der Waals surface area (Å²) in [5, 5.41) is 3.74. The highest BCUT2D eigenvalue weighted by Crippen LogP contribution is 2.32. The van der Waals surface area contributed by atoms with Crippen molar-refractivity contribution in [3.05, 3.63) is 27.7 Å². The van der Waals surface area contributed by atoms with Gasteiger partial charge in [0, 0.05) is 5.02 Å². The third kappa shape index (κ3) is 5.36. The molecule has 1 aromatic rings. The van der Waals surface area contributed by atoms with Crippen LogP contribution in [-0.4, -0.2) is 12.6 Å². The van der Waals surface area contributed by atoms with Gasteiger partial charge in [0.25, 0.3) is 0 Å². The van der Waals surface area contributed by atoms with Crippen LogP contribution in [0.5, 0.6) is 5.75 Å². The lowest BCUT2D eigenvalue weighted by atomic mass is 9.96. The molecule has 2 nitrogen and oxygen atoms in total. The molecule has 1 saturated carbocycles. The summed E-state index contributed by atoms with van der Waals surface area (Å²) in [6.45, 7) is 3.49. The van der Waals surface area contributed by atoms with Crippen LogP contribution in [0.15, 0.2) is 12.1 Å². The Balaban J connectivity index is 2.00. The topological polar surface area (TPSA) is 25.8 Å². The zero-order valence-corrected chi connectivity index (χ0v) is 14.3. The Kier molecular flexibility index (Phi) is 7.15. The fourth-order valence-electron chi connectivity index (χ4n) is 3.09. The SMILES string of the molecule is CCOc1c(Cl)cc(Cl)cc1C[NH2+]C1CCCCCCC1. The second-order valence-electron chi connectivity index (χ2n) is 5.85. The van der Waals surface area contributed by atoms with Gasteiger partial charge in [-0.2, -0.15) is 0 Å². The van der Waals surface area contributed by atoms with E-state index in [-0.39, 0.29) is 0 Å². The van der Waals surface area contributed by atoms with E-state index in [1.165, 1.54) is 44.9 Å². The highest BCUT2D eigenvalue weighted by atomic mass is 35.5. The van der Waals surface area contributed by atoms with Crippen LogP contribution in [0.25, 0.3) is 0 Å². The van der Waals surface area contributed by atoms with Crippen molar-refractivity contribution in [2.24, 2.45) is 0 Å². The van der Waals surface area contributed by atoms with Crippen molar-refractivity contribution < 1.29 is 10.1 Å². The Morgan fingerprint density at radius 3 is 2.43 bits per heavy atom. The van der Waals surface area contributed by atoms with E-state index >= 15 is 0 Å². The minimum absolute atomic E-state index is 0.616. The number of nitrogens with two attached hydrogens (primary N) is 1. The van der Waals surface area contributed by atoms with Crippen LogP contribution >= 0.6 is 23.2 Å². The quantitative estimate of drug-likeness (QED) is 0.840. The Labute approximate surface area is 138 Å². The first-order chi connectivity index (χ1) is 10.2. The van der Waals surface area contributed by atoms with Crippen molar-refractivity contribution in [2.45, 2.75) is 64.5 Å². The van der Waals surface area contributed by atoms with Crippen molar-refractivity contribution >= 4 is 23.2 Å². The molecule has 0 aliphatic heterocycles. The van der Waals surface area contributed by atoms with Gasteiger partial charge in [0.1, 0.15) is 12.3 Å². The fraction of sp³-hybridized carbons (Fsp3) is 0.647. The fourth-order valence-corrected chi connectivity index (χ4v) is 3.68. The van der Waals surface area contributed by atoms with Crippen LogP contribution in [0.1, 0.15) is 57.4 Å². The zero-order chi connectivity index (χ0) is 15.1. The molecule has 1 aliphatic carbocycles. The molecule has 118 valence electrons. The molecule has 2 rings (SSSR count). The largest absolute Gasteiger partial charge is 0.492 e. The first-order valence-electron chi connectivity index (χ1n) is 8.14. The lowest BCUT2D eigenvalue weighted by molar-refractivity contribution is -0.706. The van der Waals surface area contributed by atoms with Gasteiger partial charge in [-0.15, -0.1) is 0 Å². The van der Waals surface area contributed by atoms with Crippen LogP contribution < -0.4 is 10.1 Å². The van der Waals surface area contributed by atoms with Gasteiger partial charge < -0.3 is 10.1 Å². The number of quaternary nitrogens is 1. The number of hydrogen-bond donors (Lipinski definition) is 1. The molecule has 1 aliphatic rings. The lowest BCUT2D eigenvalue weighted by Crippen LogP contribution is -2.88. The summed E-state index contributed by atoms with van der Waals surface area (Å²) in [4.78, 5) is 0. The predicted octanol–water partition coefficient (Wildman–Crippen LogP) is 4.57. The first kappa shape index (κ1) is 16.9. The second-order valence-corrected chi connectivity index (χ2v) is 6.70. The molecule has 0 radical (unpaired) electrons. The maximum atomic E-state index is 6.26. The van der Waals surface area contributed by atoms with E-state index in [0.717, 1.165) is 23.9 Å². The summed E-state index contributed by atoms with van der Waals surface area (Å²) >= 11 is 12.4. The number of rotatable bonds is 5. The molecule has 0 aromatic heterocycles. The summed E-state index contributed by atoms with van der Waals surface area (Å²) in [6, 6.07) is 4.46. The van der Waals surface area contributed by atoms with E-state index in [1.54, 1.807) is 6.07 Å². The van der Waals surface area contributed by atoms with Crippen LogP contribution in [0.2, 0.25) is 10.0 Å². The van der Waals surface area contributed by atoms with Gasteiger partial charge >= 0.3 is 0 Å². The average Bonchev–Trinajstić information content (AvgIpc) is 2.41. The Hall–Kier alpha value is -0.440. The third-order valence-electron chi connectivity index (χ3n) is 4.19. The molecule has 1 aromatic carbocycles. The zero-order valence-electron chi connectivity index (χ0n) is 12.8. The van der Waals surface area contributed by atoms with Crippen LogP contribution in [-0.2, 0) is 6.54 Å². The molecular formula is C17H26Cl2NO+. The number of hydrogen-bond acceptors (Lipinski definition) is 1. The van der Waals surface area contributed by atoms with Crippen LogP contribution in [0.4, 0.5) is 0 Å². The summed E-state index contributed by atoms with van der Waals surface area (Å²) in [6.07, 6.45) is 9.53. The van der Waals surface area contributed by atoms with Gasteiger partial charge in [-0.25, -0.2) is 0 Å². The van der Waals surface area contributed by atoms with E-state index in [9.17, 15) is 0 Å². The highest BCUT2D eigenvalue weighted by Gasteiger charge is 2.17. The molecule has 0 spiro atoms. The van der Waals surface area contributed by atoms with E-state index in [0.29, 0.717) is 16.7 Å². The number of ether oxygens (including phenoxy) is 1. The highest BCUT2D eigenvalue weighted by molar-refractivity contribution is 6.35.